The van der Waals surface area contributed by atoms with Crippen LogP contribution in [0.25, 0.3) is 11.3 Å². The normalized spacial score (nSPS) is 10.4. The third-order valence-corrected chi connectivity index (χ3v) is 5.63. The Morgan fingerprint density at radius 2 is 1.59 bits per heavy atom. The zero-order chi connectivity index (χ0) is 25.9. The largest absolute Gasteiger partial charge is 0.493 e. The molecular weight excluding hydrogens is 468 g/mol. The Bertz CT molecular complexity index is 1310. The number of nitrogens with zero attached hydrogens (tertiary/aromatic N) is 1. The lowest BCUT2D eigenvalue weighted by molar-refractivity contribution is 0.0947. The molecule has 4 aromatic rings. The molecule has 0 atom stereocenters. The number of hydrogen-bond acceptors (Lipinski definition) is 6. The van der Waals surface area contributed by atoms with E-state index in [2.05, 4.69) is 10.3 Å². The fraction of sp³-hybridized carbons (Fsp3) is 0.200. The van der Waals surface area contributed by atoms with Gasteiger partial charge in [0.05, 0.1) is 33.1 Å². The van der Waals surface area contributed by atoms with E-state index in [1.165, 1.54) is 0 Å². The predicted molar refractivity (Wildman–Crippen MR) is 143 cm³/mol. The highest BCUT2D eigenvalue weighted by Gasteiger charge is 2.09. The van der Waals surface area contributed by atoms with Crippen molar-refractivity contribution in [1.82, 2.24) is 10.3 Å². The Balaban J connectivity index is 1.32. The van der Waals surface area contributed by atoms with E-state index < -0.39 is 0 Å². The van der Waals surface area contributed by atoms with E-state index in [9.17, 15) is 4.79 Å². The third-order valence-electron chi connectivity index (χ3n) is 5.63. The molecule has 37 heavy (non-hydrogen) atoms. The highest BCUT2D eigenvalue weighted by Crippen LogP contribution is 2.28. The maximum atomic E-state index is 12.6. The van der Waals surface area contributed by atoms with Crippen molar-refractivity contribution < 1.29 is 23.7 Å². The van der Waals surface area contributed by atoms with Gasteiger partial charge in [0.2, 0.25) is 5.88 Å². The van der Waals surface area contributed by atoms with Gasteiger partial charge in [0.25, 0.3) is 5.91 Å². The van der Waals surface area contributed by atoms with Gasteiger partial charge in [-0.3, -0.25) is 4.79 Å². The SMILES string of the molecule is COc1ccc(CCOc2cccc(-c3cccc(C(=O)NCCOc4ccccc4)c3)n2)cc1OC. The van der Waals surface area contributed by atoms with Gasteiger partial charge in [-0.05, 0) is 48.0 Å². The molecule has 1 amide bonds. The molecule has 0 bridgehead atoms. The summed E-state index contributed by atoms with van der Waals surface area (Å²) in [6.07, 6.45) is 0.690. The molecule has 190 valence electrons. The van der Waals surface area contributed by atoms with Gasteiger partial charge in [0.1, 0.15) is 12.4 Å². The highest BCUT2D eigenvalue weighted by molar-refractivity contribution is 5.95. The quantitative estimate of drug-likeness (QED) is 0.271. The van der Waals surface area contributed by atoms with Crippen LogP contribution in [0.5, 0.6) is 23.1 Å². The van der Waals surface area contributed by atoms with E-state index in [1.54, 1.807) is 20.3 Å². The molecule has 1 aromatic heterocycles. The lowest BCUT2D eigenvalue weighted by Crippen LogP contribution is -2.28. The number of pyridine rings is 1. The van der Waals surface area contributed by atoms with Crippen LogP contribution in [0.3, 0.4) is 0 Å². The van der Waals surface area contributed by atoms with Crippen LogP contribution in [0.15, 0.2) is 91.0 Å². The number of rotatable bonds is 12. The summed E-state index contributed by atoms with van der Waals surface area (Å²) in [6.45, 7) is 1.25. The average Bonchev–Trinajstić information content (AvgIpc) is 2.96. The predicted octanol–water partition coefficient (Wildman–Crippen LogP) is 5.20. The molecule has 0 saturated heterocycles. The Labute approximate surface area is 217 Å². The minimum absolute atomic E-state index is 0.166. The van der Waals surface area contributed by atoms with Gasteiger partial charge in [0, 0.05) is 23.6 Å². The van der Waals surface area contributed by atoms with Crippen LogP contribution in [0.2, 0.25) is 0 Å². The van der Waals surface area contributed by atoms with Crippen LogP contribution in [-0.4, -0.2) is 44.9 Å². The molecule has 7 heteroatoms. The summed E-state index contributed by atoms with van der Waals surface area (Å²) in [5, 5.41) is 2.89. The van der Waals surface area contributed by atoms with Crippen LogP contribution in [0, 0.1) is 0 Å². The van der Waals surface area contributed by atoms with Crippen LogP contribution >= 0.6 is 0 Å². The van der Waals surface area contributed by atoms with E-state index >= 15 is 0 Å². The fourth-order valence-corrected chi connectivity index (χ4v) is 3.74. The van der Waals surface area contributed by atoms with Crippen molar-refractivity contribution in [3.8, 4) is 34.4 Å². The Kier molecular flexibility index (Phi) is 8.97. The smallest absolute Gasteiger partial charge is 0.251 e. The van der Waals surface area contributed by atoms with Gasteiger partial charge in [-0.1, -0.05) is 42.5 Å². The van der Waals surface area contributed by atoms with Gasteiger partial charge in [0.15, 0.2) is 11.5 Å². The van der Waals surface area contributed by atoms with Crippen LogP contribution < -0.4 is 24.3 Å². The van der Waals surface area contributed by atoms with E-state index in [-0.39, 0.29) is 5.91 Å². The Morgan fingerprint density at radius 1 is 0.784 bits per heavy atom. The summed E-state index contributed by atoms with van der Waals surface area (Å²) in [4.78, 5) is 17.3. The Morgan fingerprint density at radius 3 is 2.41 bits per heavy atom. The molecule has 0 aliphatic carbocycles. The number of ether oxygens (including phenoxy) is 4. The van der Waals surface area contributed by atoms with Crippen molar-refractivity contribution in [1.29, 1.82) is 0 Å². The van der Waals surface area contributed by atoms with Crippen molar-refractivity contribution in [2.24, 2.45) is 0 Å². The molecule has 3 aromatic carbocycles. The average molecular weight is 499 g/mol. The molecule has 0 fully saturated rings. The number of carbonyl (C=O) groups excluding carboxylic acids is 1. The number of para-hydroxylation sites is 1. The zero-order valence-electron chi connectivity index (χ0n) is 21.0. The van der Waals surface area contributed by atoms with Crippen LogP contribution in [0.4, 0.5) is 0 Å². The van der Waals surface area contributed by atoms with Crippen molar-refractivity contribution in [3.63, 3.8) is 0 Å². The maximum Gasteiger partial charge on any atom is 0.251 e. The van der Waals surface area contributed by atoms with Crippen molar-refractivity contribution in [2.75, 3.05) is 34.0 Å². The summed E-state index contributed by atoms with van der Waals surface area (Å²) in [7, 11) is 3.23. The number of nitrogens with one attached hydrogen (secondary N) is 1. The summed E-state index contributed by atoms with van der Waals surface area (Å²) in [5.41, 5.74) is 3.18. The van der Waals surface area contributed by atoms with E-state index in [1.807, 2.05) is 84.9 Å². The van der Waals surface area contributed by atoms with Crippen LogP contribution in [-0.2, 0) is 6.42 Å². The van der Waals surface area contributed by atoms with Crippen molar-refractivity contribution in [3.05, 3.63) is 102 Å². The molecule has 0 spiro atoms. The minimum Gasteiger partial charge on any atom is -0.493 e. The molecule has 1 heterocycles. The monoisotopic (exact) mass is 498 g/mol. The number of hydrogen-bond donors (Lipinski definition) is 1. The van der Waals surface area contributed by atoms with Gasteiger partial charge in [-0.2, -0.15) is 0 Å². The third kappa shape index (κ3) is 7.24. The van der Waals surface area contributed by atoms with Crippen molar-refractivity contribution in [2.45, 2.75) is 6.42 Å². The van der Waals surface area contributed by atoms with Crippen molar-refractivity contribution >= 4 is 5.91 Å². The van der Waals surface area contributed by atoms with Gasteiger partial charge >= 0.3 is 0 Å². The molecule has 7 nitrogen and oxygen atoms in total. The fourth-order valence-electron chi connectivity index (χ4n) is 3.74. The van der Waals surface area contributed by atoms with E-state index in [4.69, 9.17) is 18.9 Å². The first-order valence-electron chi connectivity index (χ1n) is 12.0. The number of methoxy groups -OCH3 is 2. The molecule has 0 saturated carbocycles. The molecule has 0 radical (unpaired) electrons. The first-order valence-corrected chi connectivity index (χ1v) is 12.0. The maximum absolute atomic E-state index is 12.6. The molecule has 1 N–H and O–H groups in total. The van der Waals surface area contributed by atoms with E-state index in [0.29, 0.717) is 49.1 Å². The second-order valence-electron chi connectivity index (χ2n) is 8.15. The summed E-state index contributed by atoms with van der Waals surface area (Å²) < 4.78 is 22.2. The number of amides is 1. The Hall–Kier alpha value is -4.52. The van der Waals surface area contributed by atoms with E-state index in [0.717, 1.165) is 22.6 Å². The summed E-state index contributed by atoms with van der Waals surface area (Å²) in [5.74, 6) is 2.51. The number of benzene rings is 3. The topological polar surface area (TPSA) is 78.9 Å². The second-order valence-corrected chi connectivity index (χ2v) is 8.15. The first-order chi connectivity index (χ1) is 18.2. The summed E-state index contributed by atoms with van der Waals surface area (Å²) in [6, 6.07) is 28.3. The van der Waals surface area contributed by atoms with Crippen LogP contribution in [0.1, 0.15) is 15.9 Å². The standard InChI is InChI=1S/C30H30N2O5/c1-34-27-15-14-22(20-28(27)35-2)16-18-37-29-13-7-12-26(32-29)23-8-6-9-24(21-23)30(33)31-17-19-36-25-10-4-3-5-11-25/h3-15,20-21H,16-19H2,1-2H3,(H,31,33). The summed E-state index contributed by atoms with van der Waals surface area (Å²) >= 11 is 0. The number of carbonyl (C=O) groups is 1. The molecule has 0 unspecified atom stereocenters. The van der Waals surface area contributed by atoms with Gasteiger partial charge < -0.3 is 24.3 Å². The van der Waals surface area contributed by atoms with Gasteiger partial charge in [-0.15, -0.1) is 0 Å². The number of aromatic nitrogens is 1. The zero-order valence-corrected chi connectivity index (χ0v) is 21.0. The minimum atomic E-state index is -0.166. The second kappa shape index (κ2) is 13.0. The highest BCUT2D eigenvalue weighted by atomic mass is 16.5. The molecule has 0 aliphatic rings. The van der Waals surface area contributed by atoms with Gasteiger partial charge in [-0.25, -0.2) is 4.98 Å². The molecular formula is C30H30N2O5. The first kappa shape index (κ1) is 25.6. The lowest BCUT2D eigenvalue weighted by atomic mass is 10.1. The molecule has 4 rings (SSSR count). The lowest BCUT2D eigenvalue weighted by Gasteiger charge is -2.11. The molecule has 0 aliphatic heterocycles.